The summed E-state index contributed by atoms with van der Waals surface area (Å²) < 4.78 is 0. The van der Waals surface area contributed by atoms with E-state index in [1.54, 1.807) is 0 Å². The molecule has 0 aliphatic rings. The zero-order valence-corrected chi connectivity index (χ0v) is 39.3. The lowest BCUT2D eigenvalue weighted by Crippen LogP contribution is -2.53. The topological polar surface area (TPSA) is 110 Å². The number of amides is 1. The van der Waals surface area contributed by atoms with E-state index in [0.29, 0.717) is 12.8 Å². The zero-order chi connectivity index (χ0) is 42.4. The third-order valence-electron chi connectivity index (χ3n) is 12.8. The van der Waals surface area contributed by atoms with Crippen LogP contribution in [-0.4, -0.2) is 57.3 Å². The van der Waals surface area contributed by atoms with Crippen molar-refractivity contribution < 1.29 is 25.2 Å². The maximum absolute atomic E-state index is 12.5. The number of unbranched alkanes of at least 4 members (excludes halogenated alkanes) is 40. The maximum Gasteiger partial charge on any atom is 0.249 e. The van der Waals surface area contributed by atoms with Crippen LogP contribution in [0.4, 0.5) is 0 Å². The number of aliphatic hydroxyl groups is 4. The minimum absolute atomic E-state index is 0.376. The highest BCUT2D eigenvalue weighted by Gasteiger charge is 2.28. The molecule has 6 nitrogen and oxygen atoms in total. The van der Waals surface area contributed by atoms with Crippen LogP contribution < -0.4 is 5.32 Å². The van der Waals surface area contributed by atoms with E-state index in [9.17, 15) is 25.2 Å². The molecule has 0 aromatic carbocycles. The molecule has 0 radical (unpaired) electrons. The fourth-order valence-electron chi connectivity index (χ4n) is 8.64. The van der Waals surface area contributed by atoms with Crippen LogP contribution in [0.15, 0.2) is 0 Å². The molecule has 58 heavy (non-hydrogen) atoms. The van der Waals surface area contributed by atoms with Crippen molar-refractivity contribution in [1.29, 1.82) is 0 Å². The van der Waals surface area contributed by atoms with Crippen LogP contribution in [0.5, 0.6) is 0 Å². The number of hydrogen-bond donors (Lipinski definition) is 5. The van der Waals surface area contributed by atoms with Crippen molar-refractivity contribution in [2.75, 3.05) is 6.61 Å². The minimum Gasteiger partial charge on any atom is -0.394 e. The third-order valence-corrected chi connectivity index (χ3v) is 12.8. The van der Waals surface area contributed by atoms with Crippen molar-refractivity contribution in [3.05, 3.63) is 0 Å². The molecule has 0 saturated heterocycles. The molecule has 0 aromatic heterocycles. The minimum atomic E-state index is -1.25. The van der Waals surface area contributed by atoms with Gasteiger partial charge in [-0.2, -0.15) is 0 Å². The Balaban J connectivity index is 3.59. The lowest BCUT2D eigenvalue weighted by atomic mass is 9.99. The van der Waals surface area contributed by atoms with Gasteiger partial charge in [-0.15, -0.1) is 0 Å². The van der Waals surface area contributed by atoms with E-state index in [0.717, 1.165) is 38.5 Å². The molecule has 0 heterocycles. The first kappa shape index (κ1) is 57.3. The van der Waals surface area contributed by atoms with Crippen molar-refractivity contribution in [3.63, 3.8) is 0 Å². The van der Waals surface area contributed by atoms with Gasteiger partial charge in [0.05, 0.1) is 18.8 Å². The second-order valence-electron chi connectivity index (χ2n) is 18.6. The Labute approximate surface area is 362 Å². The van der Waals surface area contributed by atoms with Gasteiger partial charge in [-0.25, -0.2) is 0 Å². The maximum atomic E-state index is 12.5. The number of nitrogens with one attached hydrogen (secondary N) is 1. The lowest BCUT2D eigenvalue weighted by molar-refractivity contribution is -0.132. The molecule has 0 rings (SSSR count). The summed E-state index contributed by atoms with van der Waals surface area (Å²) >= 11 is 0. The van der Waals surface area contributed by atoms with Gasteiger partial charge < -0.3 is 25.7 Å². The molecule has 6 heteroatoms. The van der Waals surface area contributed by atoms with Gasteiger partial charge in [0.25, 0.3) is 0 Å². The predicted octanol–water partition coefficient (Wildman–Crippen LogP) is 14.8. The quantitative estimate of drug-likeness (QED) is 0.0393. The SMILES string of the molecule is CCCCCCCCCCCCCCCCCCCCCCCCCCCCC(O)C(O)C(CO)NC(=O)C(O)CCCCCCCCCCCCCCCCCC. The average molecular weight is 824 g/mol. The van der Waals surface area contributed by atoms with Crippen LogP contribution in [0.2, 0.25) is 0 Å². The van der Waals surface area contributed by atoms with Crippen LogP contribution in [0.3, 0.4) is 0 Å². The number of hydrogen-bond acceptors (Lipinski definition) is 5. The summed E-state index contributed by atoms with van der Waals surface area (Å²) in [4.78, 5) is 12.5. The molecule has 348 valence electrons. The van der Waals surface area contributed by atoms with Gasteiger partial charge in [0.15, 0.2) is 0 Å². The Morgan fingerprint density at radius 3 is 0.828 bits per heavy atom. The van der Waals surface area contributed by atoms with E-state index in [1.165, 1.54) is 231 Å². The molecule has 0 aliphatic heterocycles. The van der Waals surface area contributed by atoms with Gasteiger partial charge >= 0.3 is 0 Å². The fraction of sp³-hybridized carbons (Fsp3) is 0.981. The summed E-state index contributed by atoms with van der Waals surface area (Å²) in [7, 11) is 0. The molecule has 4 unspecified atom stereocenters. The van der Waals surface area contributed by atoms with Crippen LogP contribution in [0.25, 0.3) is 0 Å². The van der Waals surface area contributed by atoms with Crippen molar-refractivity contribution in [2.45, 2.75) is 321 Å². The van der Waals surface area contributed by atoms with Crippen molar-refractivity contribution in [2.24, 2.45) is 0 Å². The molecular weight excluding hydrogens is 719 g/mol. The Hall–Kier alpha value is -0.690. The highest BCUT2D eigenvalue weighted by molar-refractivity contribution is 5.80. The van der Waals surface area contributed by atoms with Crippen LogP contribution in [-0.2, 0) is 4.79 Å². The number of carbonyl (C=O) groups is 1. The van der Waals surface area contributed by atoms with E-state index in [-0.39, 0.29) is 0 Å². The van der Waals surface area contributed by atoms with Gasteiger partial charge in [0, 0.05) is 0 Å². The van der Waals surface area contributed by atoms with Crippen LogP contribution >= 0.6 is 0 Å². The molecule has 0 aliphatic carbocycles. The smallest absolute Gasteiger partial charge is 0.249 e. The van der Waals surface area contributed by atoms with E-state index in [2.05, 4.69) is 19.2 Å². The summed E-state index contributed by atoms with van der Waals surface area (Å²) in [5.41, 5.74) is 0. The van der Waals surface area contributed by atoms with Crippen LogP contribution in [0, 0.1) is 0 Å². The van der Waals surface area contributed by atoms with Crippen LogP contribution in [0.1, 0.15) is 296 Å². The first-order valence-electron chi connectivity index (χ1n) is 26.4. The number of rotatable bonds is 49. The van der Waals surface area contributed by atoms with Gasteiger partial charge in [-0.1, -0.05) is 284 Å². The highest BCUT2D eigenvalue weighted by Crippen LogP contribution is 2.18. The van der Waals surface area contributed by atoms with E-state index >= 15 is 0 Å². The second kappa shape index (κ2) is 47.4. The Morgan fingerprint density at radius 1 is 0.362 bits per heavy atom. The summed E-state index contributed by atoms with van der Waals surface area (Å²) in [5, 5.41) is 43.9. The van der Waals surface area contributed by atoms with E-state index < -0.39 is 36.9 Å². The summed E-state index contributed by atoms with van der Waals surface area (Å²) in [5.74, 6) is -0.577. The second-order valence-corrected chi connectivity index (χ2v) is 18.6. The first-order valence-corrected chi connectivity index (χ1v) is 26.4. The average Bonchev–Trinajstić information content (AvgIpc) is 3.23. The lowest BCUT2D eigenvalue weighted by Gasteiger charge is -2.27. The van der Waals surface area contributed by atoms with E-state index in [1.807, 2.05) is 0 Å². The fourth-order valence-corrected chi connectivity index (χ4v) is 8.64. The Bertz CT molecular complexity index is 796. The summed E-state index contributed by atoms with van der Waals surface area (Å²) in [6.07, 6.45) is 53.0. The molecule has 4 atom stereocenters. The monoisotopic (exact) mass is 824 g/mol. The molecule has 0 saturated carbocycles. The summed E-state index contributed by atoms with van der Waals surface area (Å²) in [6, 6.07) is -0.980. The van der Waals surface area contributed by atoms with Gasteiger partial charge in [0.1, 0.15) is 12.2 Å². The molecule has 0 spiro atoms. The van der Waals surface area contributed by atoms with Gasteiger partial charge in [-0.3, -0.25) is 4.79 Å². The van der Waals surface area contributed by atoms with E-state index in [4.69, 9.17) is 0 Å². The largest absolute Gasteiger partial charge is 0.394 e. The Kier molecular flexibility index (Phi) is 46.8. The molecule has 5 N–H and O–H groups in total. The number of aliphatic hydroxyl groups excluding tert-OH is 4. The Morgan fingerprint density at radius 2 is 0.586 bits per heavy atom. The van der Waals surface area contributed by atoms with Crippen molar-refractivity contribution >= 4 is 5.91 Å². The number of carbonyl (C=O) groups excluding carboxylic acids is 1. The first-order chi connectivity index (χ1) is 28.5. The van der Waals surface area contributed by atoms with Gasteiger partial charge in [0.2, 0.25) is 5.91 Å². The standard InChI is InChI=1S/C52H105NO5/c1-3-5-7-9-11-13-15-17-19-21-22-23-24-25-26-27-28-29-30-32-33-35-37-39-41-43-45-49(55)51(57)48(47-54)53-52(58)50(56)46-44-42-40-38-36-34-31-20-18-16-14-12-10-8-6-4-2/h48-51,54-57H,3-47H2,1-2H3,(H,53,58). The van der Waals surface area contributed by atoms with Gasteiger partial charge in [-0.05, 0) is 12.8 Å². The normalized spacial score (nSPS) is 13.8. The third kappa shape index (κ3) is 40.7. The molecular formula is C52H105NO5. The zero-order valence-electron chi connectivity index (χ0n) is 39.3. The molecule has 1 amide bonds. The summed E-state index contributed by atoms with van der Waals surface area (Å²) in [6.45, 7) is 4.09. The highest BCUT2D eigenvalue weighted by atomic mass is 16.3. The molecule has 0 fully saturated rings. The molecule has 0 aromatic rings. The molecule has 0 bridgehead atoms. The van der Waals surface area contributed by atoms with Crippen molar-refractivity contribution in [1.82, 2.24) is 5.32 Å². The van der Waals surface area contributed by atoms with Crippen molar-refractivity contribution in [3.8, 4) is 0 Å². The predicted molar refractivity (Wildman–Crippen MR) is 252 cm³/mol.